The summed E-state index contributed by atoms with van der Waals surface area (Å²) in [4.78, 5) is 112. The summed E-state index contributed by atoms with van der Waals surface area (Å²) >= 11 is 0. The normalized spacial score (nSPS) is 22.9. The molecule has 2 bridgehead atoms. The summed E-state index contributed by atoms with van der Waals surface area (Å²) in [6.45, 7) is 4.33. The molecule has 1 atom stereocenters. The molecule has 0 fully saturated rings. The Morgan fingerprint density at radius 2 is 1.00 bits per heavy atom. The van der Waals surface area contributed by atoms with Crippen molar-refractivity contribution in [3.63, 3.8) is 0 Å². The number of carbonyl (C=O) groups is 8. The van der Waals surface area contributed by atoms with Gasteiger partial charge >= 0.3 is 11.9 Å². The van der Waals surface area contributed by atoms with E-state index < -0.39 is 35.6 Å². The fraction of sp³-hybridized carbons (Fsp3) is 0.714. The van der Waals surface area contributed by atoms with Crippen LogP contribution in [-0.4, -0.2) is 107 Å². The molecule has 0 aromatic rings. The van der Waals surface area contributed by atoms with Gasteiger partial charge in [-0.2, -0.15) is 10.1 Å². The van der Waals surface area contributed by atoms with Gasteiger partial charge in [0.05, 0.1) is 19.5 Å². The number of fused-ring (bicyclic) bond motifs is 8. The van der Waals surface area contributed by atoms with Crippen molar-refractivity contribution in [2.24, 2.45) is 5.92 Å². The van der Waals surface area contributed by atoms with Crippen LogP contribution in [0.25, 0.3) is 0 Å². The third-order valence-corrected chi connectivity index (χ3v) is 8.38. The molecule has 0 saturated carbocycles. The van der Waals surface area contributed by atoms with Crippen LogP contribution in [0.15, 0.2) is 11.6 Å². The largest absolute Gasteiger partial charge is 0.358 e. The first-order chi connectivity index (χ1) is 24.8. The molecule has 2 aliphatic heterocycles. The molecule has 52 heavy (non-hydrogen) atoms. The summed E-state index contributed by atoms with van der Waals surface area (Å²) in [5.74, 6) is -4.78. The van der Waals surface area contributed by atoms with Crippen molar-refractivity contribution >= 4 is 47.4 Å². The Labute approximate surface area is 305 Å². The number of amides is 6. The molecule has 0 spiro atoms. The van der Waals surface area contributed by atoms with Crippen LogP contribution in [-0.2, 0) is 48.0 Å². The van der Waals surface area contributed by atoms with Crippen molar-refractivity contribution in [1.82, 2.24) is 31.1 Å². The first-order valence-electron chi connectivity index (χ1n) is 18.4. The second kappa shape index (κ2) is 24.6. The van der Waals surface area contributed by atoms with Crippen LogP contribution in [0.2, 0.25) is 0 Å². The summed E-state index contributed by atoms with van der Waals surface area (Å²) in [7, 11) is 0. The second-order valence-electron chi connectivity index (χ2n) is 13.1. The van der Waals surface area contributed by atoms with E-state index in [1.807, 2.05) is 0 Å². The van der Waals surface area contributed by atoms with Crippen LogP contribution in [0.4, 0.5) is 0 Å². The van der Waals surface area contributed by atoms with Gasteiger partial charge in [-0.05, 0) is 70.6 Å². The molecule has 2 aliphatic rings. The molecular weight excluding hydrogens is 680 g/mol. The van der Waals surface area contributed by atoms with E-state index in [0.717, 1.165) is 10.1 Å². The molecule has 6 amide bonds. The van der Waals surface area contributed by atoms with Gasteiger partial charge in [0.1, 0.15) is 0 Å². The molecule has 0 aromatic heterocycles. The standard InChI is InChI=1S/C35H56N6O11/c1-26-24-27(2)35(49)52-41-23-11-5-8-19-36-28(42)12-15-31(45)39(50)21-9-3-6-18-37-29(43)13-16-32(46)40(51-34(48)25-26)22-10-4-7-20-38-30(44)14-17-33(41)47/h24,26,50H,3-23,25H2,1-2H3,(H,36,42)(H,37,43)(H,38,44)/t26-/m1/s1. The minimum absolute atomic E-state index is 0.0433. The van der Waals surface area contributed by atoms with Gasteiger partial charge in [-0.15, -0.1) is 0 Å². The van der Waals surface area contributed by atoms with Crippen LogP contribution in [0.1, 0.15) is 117 Å². The molecule has 0 saturated heterocycles. The minimum atomic E-state index is -0.818. The van der Waals surface area contributed by atoms with Gasteiger partial charge in [0, 0.05) is 70.3 Å². The highest BCUT2D eigenvalue weighted by molar-refractivity contribution is 5.90. The smallest absolute Gasteiger partial charge is 0.356 e. The molecular formula is C35H56N6O11. The molecule has 292 valence electrons. The van der Waals surface area contributed by atoms with Crippen LogP contribution in [0, 0.1) is 5.92 Å². The van der Waals surface area contributed by atoms with Crippen molar-refractivity contribution < 1.29 is 53.2 Å². The van der Waals surface area contributed by atoms with Gasteiger partial charge in [-0.3, -0.25) is 34.0 Å². The Morgan fingerprint density at radius 1 is 0.577 bits per heavy atom. The maximum atomic E-state index is 13.1. The summed E-state index contributed by atoms with van der Waals surface area (Å²) in [6, 6.07) is 0. The highest BCUT2D eigenvalue weighted by Gasteiger charge is 2.24. The van der Waals surface area contributed by atoms with E-state index in [1.165, 1.54) is 13.0 Å². The van der Waals surface area contributed by atoms with Crippen molar-refractivity contribution in [3.8, 4) is 0 Å². The summed E-state index contributed by atoms with van der Waals surface area (Å²) in [5, 5.41) is 20.7. The number of carbonyl (C=O) groups excluding carboxylic acids is 8. The average molecular weight is 737 g/mol. The van der Waals surface area contributed by atoms with E-state index in [0.29, 0.717) is 82.5 Å². The molecule has 4 N–H and O–H groups in total. The highest BCUT2D eigenvalue weighted by Crippen LogP contribution is 2.14. The van der Waals surface area contributed by atoms with E-state index in [1.54, 1.807) is 6.92 Å². The number of hydrogen-bond donors (Lipinski definition) is 4. The third-order valence-electron chi connectivity index (χ3n) is 8.38. The maximum Gasteiger partial charge on any atom is 0.358 e. The van der Waals surface area contributed by atoms with Gasteiger partial charge in [0.25, 0.3) is 11.8 Å². The zero-order chi connectivity index (χ0) is 38.3. The third kappa shape index (κ3) is 18.6. The summed E-state index contributed by atoms with van der Waals surface area (Å²) in [5.41, 5.74) is 0.130. The minimum Gasteiger partial charge on any atom is -0.356 e. The van der Waals surface area contributed by atoms with Crippen molar-refractivity contribution in [2.45, 2.75) is 117 Å². The fourth-order valence-corrected chi connectivity index (χ4v) is 5.38. The van der Waals surface area contributed by atoms with Gasteiger partial charge in [-0.1, -0.05) is 13.0 Å². The molecule has 0 aromatic carbocycles. The number of rotatable bonds is 0. The molecule has 0 aliphatic carbocycles. The first-order valence-corrected chi connectivity index (χ1v) is 18.4. The molecule has 0 radical (unpaired) electrons. The summed E-state index contributed by atoms with van der Waals surface area (Å²) < 4.78 is 0. The Bertz CT molecular complexity index is 1270. The molecule has 0 unspecified atom stereocenters. The lowest BCUT2D eigenvalue weighted by molar-refractivity contribution is -0.199. The zero-order valence-corrected chi connectivity index (χ0v) is 30.6. The predicted molar refractivity (Wildman–Crippen MR) is 185 cm³/mol. The zero-order valence-electron chi connectivity index (χ0n) is 30.6. The Kier molecular flexibility index (Phi) is 20.6. The fourth-order valence-electron chi connectivity index (χ4n) is 5.38. The number of hydrogen-bond acceptors (Lipinski definition) is 11. The first kappa shape index (κ1) is 43.6. The van der Waals surface area contributed by atoms with Gasteiger partial charge in [-0.25, -0.2) is 14.7 Å². The van der Waals surface area contributed by atoms with Crippen LogP contribution < -0.4 is 16.0 Å². The summed E-state index contributed by atoms with van der Waals surface area (Å²) in [6.07, 6.45) is 5.22. The average Bonchev–Trinajstić information content (AvgIpc) is 3.10. The number of nitrogens with zero attached hydrogens (tertiary/aromatic N) is 3. The monoisotopic (exact) mass is 736 g/mol. The SMILES string of the molecule is CC1=C[C@@H](C)CC(=O)ON2CCCCCNC(=O)CCC(=O)N(CCCCCNC(=O)CCC(=O)N(O)CCCCCNC(=O)CCC2=O)OC1=O. The van der Waals surface area contributed by atoms with E-state index in [-0.39, 0.29) is 87.9 Å². The van der Waals surface area contributed by atoms with Gasteiger partial charge in [0.2, 0.25) is 23.6 Å². The van der Waals surface area contributed by atoms with Crippen LogP contribution in [0.3, 0.4) is 0 Å². The number of hydroxylamine groups is 6. The van der Waals surface area contributed by atoms with Crippen LogP contribution in [0.5, 0.6) is 0 Å². The Hall–Kier alpha value is -4.54. The number of nitrogens with one attached hydrogen (secondary N) is 3. The van der Waals surface area contributed by atoms with E-state index in [9.17, 15) is 43.6 Å². The Balaban J connectivity index is 2.22. The molecule has 2 heterocycles. The molecule has 2 rings (SSSR count). The molecule has 17 nitrogen and oxygen atoms in total. The Morgan fingerprint density at radius 3 is 1.48 bits per heavy atom. The number of allylic oxidation sites excluding steroid dienone is 1. The topological polar surface area (TPSA) is 221 Å². The predicted octanol–water partition coefficient (Wildman–Crippen LogP) is 1.98. The van der Waals surface area contributed by atoms with E-state index in [4.69, 9.17) is 9.68 Å². The van der Waals surface area contributed by atoms with Gasteiger partial charge < -0.3 is 25.6 Å². The van der Waals surface area contributed by atoms with Crippen molar-refractivity contribution in [3.05, 3.63) is 11.6 Å². The van der Waals surface area contributed by atoms with Crippen molar-refractivity contribution in [1.29, 1.82) is 0 Å². The lowest BCUT2D eigenvalue weighted by Gasteiger charge is -2.23. The lowest BCUT2D eigenvalue weighted by atomic mass is 10.1. The lowest BCUT2D eigenvalue weighted by Crippen LogP contribution is -2.36. The second-order valence-corrected chi connectivity index (χ2v) is 13.1. The van der Waals surface area contributed by atoms with Crippen LogP contribution >= 0.6 is 0 Å². The molecule has 17 heteroatoms. The van der Waals surface area contributed by atoms with Crippen molar-refractivity contribution in [2.75, 3.05) is 39.3 Å². The van der Waals surface area contributed by atoms with E-state index >= 15 is 0 Å². The quantitative estimate of drug-likeness (QED) is 0.263. The maximum absolute atomic E-state index is 13.1. The van der Waals surface area contributed by atoms with Gasteiger partial charge in [0.15, 0.2) is 0 Å². The van der Waals surface area contributed by atoms with E-state index in [2.05, 4.69) is 16.0 Å². The highest BCUT2D eigenvalue weighted by atomic mass is 16.7.